The Morgan fingerprint density at radius 2 is 2.16 bits per heavy atom. The fourth-order valence-electron chi connectivity index (χ4n) is 2.29. The van der Waals surface area contributed by atoms with Gasteiger partial charge in [-0.15, -0.1) is 21.5 Å². The lowest BCUT2D eigenvalue weighted by Gasteiger charge is -2.09. The molecule has 7 nitrogen and oxygen atoms in total. The molecule has 0 saturated heterocycles. The molecule has 3 aromatic rings. The summed E-state index contributed by atoms with van der Waals surface area (Å²) in [5, 5.41) is 13.8. The van der Waals surface area contributed by atoms with Gasteiger partial charge in [-0.05, 0) is 23.6 Å². The van der Waals surface area contributed by atoms with Gasteiger partial charge < -0.3 is 14.8 Å². The molecule has 1 aromatic carbocycles. The maximum absolute atomic E-state index is 12.5. The van der Waals surface area contributed by atoms with E-state index >= 15 is 0 Å². The third kappa shape index (κ3) is 3.33. The Bertz CT molecular complexity index is 957. The highest BCUT2D eigenvalue weighted by Gasteiger charge is 2.15. The molecule has 0 fully saturated rings. The number of hydrogen-bond acceptors (Lipinski definition) is 8. The Kier molecular flexibility index (Phi) is 4.33. The van der Waals surface area contributed by atoms with E-state index < -0.39 is 0 Å². The van der Waals surface area contributed by atoms with Gasteiger partial charge in [0.05, 0.1) is 0 Å². The van der Waals surface area contributed by atoms with E-state index in [9.17, 15) is 4.79 Å². The second-order valence-corrected chi connectivity index (χ2v) is 7.23. The summed E-state index contributed by atoms with van der Waals surface area (Å²) < 4.78 is 12.1. The Morgan fingerprint density at radius 3 is 3.00 bits per heavy atom. The Hall–Kier alpha value is -2.52. The second kappa shape index (κ2) is 6.77. The van der Waals surface area contributed by atoms with Gasteiger partial charge in [-0.1, -0.05) is 17.8 Å². The summed E-state index contributed by atoms with van der Waals surface area (Å²) in [6, 6.07) is 9.41. The lowest BCUT2D eigenvalue weighted by atomic mass is 10.3. The third-order valence-corrected chi connectivity index (χ3v) is 5.72. The first-order valence-electron chi connectivity index (χ1n) is 7.46. The fourth-order valence-corrected chi connectivity index (χ4v) is 3.97. The van der Waals surface area contributed by atoms with E-state index in [1.54, 1.807) is 36.6 Å². The summed E-state index contributed by atoms with van der Waals surface area (Å²) in [6.45, 7) is 0.205. The van der Waals surface area contributed by atoms with E-state index in [2.05, 4.69) is 21.6 Å². The SMILES string of the molecule is Cn1c(SCc2cccs2)nnc(Nc2ccc3c(c2)OCO3)c1=O. The number of ether oxygens (including phenoxy) is 2. The highest BCUT2D eigenvalue weighted by atomic mass is 32.2. The van der Waals surface area contributed by atoms with Crippen molar-refractivity contribution in [3.8, 4) is 11.5 Å². The molecule has 0 atom stereocenters. The number of thiophene rings is 1. The first kappa shape index (κ1) is 16.0. The third-order valence-electron chi connectivity index (χ3n) is 3.59. The molecule has 128 valence electrons. The van der Waals surface area contributed by atoms with Gasteiger partial charge in [-0.25, -0.2) is 0 Å². The molecule has 4 rings (SSSR count). The van der Waals surface area contributed by atoms with Crippen LogP contribution in [0, 0.1) is 0 Å². The van der Waals surface area contributed by atoms with Crippen molar-refractivity contribution in [1.29, 1.82) is 0 Å². The predicted octanol–water partition coefficient (Wildman–Crippen LogP) is 3.00. The van der Waals surface area contributed by atoms with Crippen LogP contribution in [0.1, 0.15) is 4.88 Å². The lowest BCUT2D eigenvalue weighted by Crippen LogP contribution is -2.24. The summed E-state index contributed by atoms with van der Waals surface area (Å²) in [6.07, 6.45) is 0. The summed E-state index contributed by atoms with van der Waals surface area (Å²) in [4.78, 5) is 13.7. The number of benzene rings is 1. The minimum Gasteiger partial charge on any atom is -0.454 e. The maximum Gasteiger partial charge on any atom is 0.297 e. The van der Waals surface area contributed by atoms with Crippen LogP contribution in [0.15, 0.2) is 45.7 Å². The molecule has 1 N–H and O–H groups in total. The van der Waals surface area contributed by atoms with Crippen molar-refractivity contribution in [2.24, 2.45) is 7.05 Å². The molecular formula is C16H14N4O3S2. The van der Waals surface area contributed by atoms with Gasteiger partial charge in [0.2, 0.25) is 12.6 Å². The first-order valence-corrected chi connectivity index (χ1v) is 9.33. The number of rotatable bonds is 5. The molecule has 0 amide bonds. The summed E-state index contributed by atoms with van der Waals surface area (Å²) in [5.74, 6) is 2.25. The molecule has 9 heteroatoms. The van der Waals surface area contributed by atoms with Gasteiger partial charge in [-0.2, -0.15) is 0 Å². The second-order valence-electron chi connectivity index (χ2n) is 5.26. The van der Waals surface area contributed by atoms with Crippen molar-refractivity contribution in [3.63, 3.8) is 0 Å². The molecule has 0 saturated carbocycles. The van der Waals surface area contributed by atoms with Crippen molar-refractivity contribution in [3.05, 3.63) is 50.9 Å². The van der Waals surface area contributed by atoms with Crippen molar-refractivity contribution in [2.75, 3.05) is 12.1 Å². The van der Waals surface area contributed by atoms with Crippen molar-refractivity contribution in [2.45, 2.75) is 10.9 Å². The largest absolute Gasteiger partial charge is 0.454 e. The average Bonchev–Trinajstić information content (AvgIpc) is 3.29. The van der Waals surface area contributed by atoms with Crippen LogP contribution < -0.4 is 20.3 Å². The van der Waals surface area contributed by atoms with Gasteiger partial charge in [0.25, 0.3) is 5.56 Å². The van der Waals surface area contributed by atoms with Crippen LogP contribution in [0.3, 0.4) is 0 Å². The predicted molar refractivity (Wildman–Crippen MR) is 97.0 cm³/mol. The Balaban J connectivity index is 1.52. The van der Waals surface area contributed by atoms with E-state index in [0.29, 0.717) is 22.3 Å². The maximum atomic E-state index is 12.5. The van der Waals surface area contributed by atoms with Crippen LogP contribution in [0.2, 0.25) is 0 Å². The monoisotopic (exact) mass is 374 g/mol. The summed E-state index contributed by atoms with van der Waals surface area (Å²) >= 11 is 3.16. The molecule has 1 aliphatic heterocycles. The molecule has 0 radical (unpaired) electrons. The number of aromatic nitrogens is 3. The highest BCUT2D eigenvalue weighted by molar-refractivity contribution is 7.98. The number of nitrogens with one attached hydrogen (secondary N) is 1. The molecule has 3 heterocycles. The zero-order valence-electron chi connectivity index (χ0n) is 13.3. The van der Waals surface area contributed by atoms with Gasteiger partial charge in [0.1, 0.15) is 0 Å². The highest BCUT2D eigenvalue weighted by Crippen LogP contribution is 2.34. The molecule has 0 aliphatic carbocycles. The van der Waals surface area contributed by atoms with Gasteiger partial charge in [0.15, 0.2) is 16.7 Å². The molecular weight excluding hydrogens is 360 g/mol. The van der Waals surface area contributed by atoms with E-state index in [4.69, 9.17) is 9.47 Å². The van der Waals surface area contributed by atoms with Crippen molar-refractivity contribution in [1.82, 2.24) is 14.8 Å². The Morgan fingerprint density at radius 1 is 1.28 bits per heavy atom. The van der Waals surface area contributed by atoms with Crippen molar-refractivity contribution >= 4 is 34.6 Å². The number of thioether (sulfide) groups is 1. The van der Waals surface area contributed by atoms with Crippen LogP contribution in [0.4, 0.5) is 11.5 Å². The fraction of sp³-hybridized carbons (Fsp3) is 0.188. The molecule has 0 unspecified atom stereocenters. The standard InChI is InChI=1S/C16H14N4O3S2/c1-20-15(21)14(17-10-4-5-12-13(7-10)23-9-22-12)18-19-16(20)25-8-11-3-2-6-24-11/h2-7H,8-9H2,1H3,(H,17,18). The first-order chi connectivity index (χ1) is 12.2. The number of anilines is 2. The molecule has 25 heavy (non-hydrogen) atoms. The van der Waals surface area contributed by atoms with E-state index in [1.807, 2.05) is 11.4 Å². The van der Waals surface area contributed by atoms with Crippen LogP contribution >= 0.6 is 23.1 Å². The smallest absolute Gasteiger partial charge is 0.297 e. The minimum absolute atomic E-state index is 0.168. The lowest BCUT2D eigenvalue weighted by molar-refractivity contribution is 0.174. The molecule has 0 bridgehead atoms. The minimum atomic E-state index is -0.235. The van der Waals surface area contributed by atoms with Gasteiger partial charge in [-0.3, -0.25) is 9.36 Å². The van der Waals surface area contributed by atoms with Gasteiger partial charge in [0, 0.05) is 29.4 Å². The number of hydrogen-bond donors (Lipinski definition) is 1. The van der Waals surface area contributed by atoms with Crippen LogP contribution in [0.5, 0.6) is 11.5 Å². The normalized spacial score (nSPS) is 12.4. The summed E-state index contributed by atoms with van der Waals surface area (Å²) in [7, 11) is 1.69. The topological polar surface area (TPSA) is 78.3 Å². The van der Waals surface area contributed by atoms with Crippen LogP contribution in [-0.2, 0) is 12.8 Å². The van der Waals surface area contributed by atoms with Crippen molar-refractivity contribution < 1.29 is 9.47 Å². The molecule has 2 aromatic heterocycles. The van der Waals surface area contributed by atoms with Crippen LogP contribution in [0.25, 0.3) is 0 Å². The zero-order chi connectivity index (χ0) is 17.2. The Labute approximate surface area is 151 Å². The number of fused-ring (bicyclic) bond motifs is 1. The quantitative estimate of drug-likeness (QED) is 0.688. The van der Waals surface area contributed by atoms with Gasteiger partial charge >= 0.3 is 0 Å². The van der Waals surface area contributed by atoms with E-state index in [0.717, 1.165) is 5.75 Å². The molecule has 0 spiro atoms. The molecule has 1 aliphatic rings. The average molecular weight is 374 g/mol. The van der Waals surface area contributed by atoms with E-state index in [-0.39, 0.29) is 18.2 Å². The summed E-state index contributed by atoms with van der Waals surface area (Å²) in [5.41, 5.74) is 0.455. The van der Waals surface area contributed by atoms with E-state index in [1.165, 1.54) is 21.2 Å². The number of nitrogens with zero attached hydrogens (tertiary/aromatic N) is 3. The van der Waals surface area contributed by atoms with Crippen LogP contribution in [-0.4, -0.2) is 21.6 Å². The zero-order valence-corrected chi connectivity index (χ0v) is 14.9.